The molecule has 0 saturated heterocycles. The summed E-state index contributed by atoms with van der Waals surface area (Å²) in [5.41, 5.74) is 2.70. The summed E-state index contributed by atoms with van der Waals surface area (Å²) in [5.74, 6) is -0.894. The third-order valence-electron chi connectivity index (χ3n) is 3.52. The lowest BCUT2D eigenvalue weighted by molar-refractivity contribution is -0.115. The summed E-state index contributed by atoms with van der Waals surface area (Å²) in [4.78, 5) is 27.7. The van der Waals surface area contributed by atoms with E-state index in [1.165, 1.54) is 0 Å². The summed E-state index contributed by atoms with van der Waals surface area (Å²) in [6.45, 7) is 1.99. The maximum absolute atomic E-state index is 11.9. The number of esters is 1. The minimum atomic E-state index is -0.513. The quantitative estimate of drug-likeness (QED) is 0.709. The van der Waals surface area contributed by atoms with Gasteiger partial charge in [-0.1, -0.05) is 12.1 Å². The Labute approximate surface area is 149 Å². The highest BCUT2D eigenvalue weighted by molar-refractivity contribution is 5.92. The van der Waals surface area contributed by atoms with Crippen molar-refractivity contribution < 1.29 is 14.3 Å². The molecule has 0 radical (unpaired) electrons. The number of nitrogens with one attached hydrogen (secondary N) is 1. The Kier molecular flexibility index (Phi) is 4.90. The Morgan fingerprint density at radius 3 is 2.92 bits per heavy atom. The highest BCUT2D eigenvalue weighted by Gasteiger charge is 2.15. The number of ether oxygens (including phenoxy) is 1. The largest absolute Gasteiger partial charge is 0.461 e. The summed E-state index contributed by atoms with van der Waals surface area (Å²) in [5, 5.41) is 15.5. The van der Waals surface area contributed by atoms with Crippen molar-refractivity contribution in [2.75, 3.05) is 11.9 Å². The van der Waals surface area contributed by atoms with E-state index in [0.717, 1.165) is 5.56 Å². The van der Waals surface area contributed by atoms with Gasteiger partial charge in [0.05, 0.1) is 18.4 Å². The van der Waals surface area contributed by atoms with Crippen LogP contribution in [0.5, 0.6) is 0 Å². The smallest absolute Gasteiger partial charge is 0.358 e. The molecule has 0 atom stereocenters. The van der Waals surface area contributed by atoms with Crippen LogP contribution in [0.1, 0.15) is 23.8 Å². The first kappa shape index (κ1) is 17.1. The zero-order chi connectivity index (χ0) is 18.5. The van der Waals surface area contributed by atoms with Gasteiger partial charge in [0.25, 0.3) is 0 Å². The summed E-state index contributed by atoms with van der Waals surface area (Å²) in [6, 6.07) is 12.2. The fourth-order valence-corrected chi connectivity index (χ4v) is 2.45. The number of nitrogens with zero attached hydrogens (tertiary/aromatic N) is 4. The third-order valence-corrected chi connectivity index (χ3v) is 3.52. The molecule has 0 spiro atoms. The van der Waals surface area contributed by atoms with E-state index in [1.807, 2.05) is 6.07 Å². The average Bonchev–Trinajstić information content (AvgIpc) is 3.06. The first-order valence-electron chi connectivity index (χ1n) is 7.91. The topological polar surface area (TPSA) is 109 Å². The normalized spacial score (nSPS) is 10.3. The molecule has 2 heterocycles. The van der Waals surface area contributed by atoms with Gasteiger partial charge in [-0.15, -0.1) is 0 Å². The number of aromatic nitrogens is 3. The third kappa shape index (κ3) is 3.52. The minimum Gasteiger partial charge on any atom is -0.461 e. The number of fused-ring (bicyclic) bond motifs is 1. The van der Waals surface area contributed by atoms with Crippen LogP contribution in [-0.2, 0) is 9.53 Å². The van der Waals surface area contributed by atoms with E-state index in [0.29, 0.717) is 17.0 Å². The predicted molar refractivity (Wildman–Crippen MR) is 93.2 cm³/mol. The first-order chi connectivity index (χ1) is 12.6. The summed E-state index contributed by atoms with van der Waals surface area (Å²) >= 11 is 0. The molecule has 1 aromatic carbocycles. The second kappa shape index (κ2) is 7.44. The van der Waals surface area contributed by atoms with Crippen molar-refractivity contribution in [1.82, 2.24) is 14.6 Å². The molecule has 26 heavy (non-hydrogen) atoms. The predicted octanol–water partition coefficient (Wildman–Crippen LogP) is 2.43. The standard InChI is InChI=1S/C18H15N5O3/c1-2-26-18(25)14-11-16-20-9-7-15(23(16)22-14)12-4-3-5-13(10-12)21-17(24)6-8-19/h3-5,7,9-11H,2,6H2,1H3,(H,21,24). The molecule has 0 fully saturated rings. The van der Waals surface area contributed by atoms with E-state index in [-0.39, 0.29) is 24.6 Å². The molecule has 0 saturated carbocycles. The van der Waals surface area contributed by atoms with Crippen LogP contribution in [0.2, 0.25) is 0 Å². The molecule has 0 bridgehead atoms. The second-order valence-corrected chi connectivity index (χ2v) is 5.31. The average molecular weight is 349 g/mol. The number of carbonyl (C=O) groups is 2. The molecule has 130 valence electrons. The van der Waals surface area contributed by atoms with Gasteiger partial charge in [-0.05, 0) is 25.1 Å². The number of carbonyl (C=O) groups excluding carboxylic acids is 2. The molecule has 0 aliphatic rings. The van der Waals surface area contributed by atoms with Gasteiger partial charge in [0.1, 0.15) is 6.42 Å². The van der Waals surface area contributed by atoms with Gasteiger partial charge in [0.15, 0.2) is 11.3 Å². The van der Waals surface area contributed by atoms with Crippen molar-refractivity contribution in [3.63, 3.8) is 0 Å². The summed E-state index contributed by atoms with van der Waals surface area (Å²) < 4.78 is 6.52. The molecule has 8 heteroatoms. The van der Waals surface area contributed by atoms with Crippen LogP contribution in [0.3, 0.4) is 0 Å². The lowest BCUT2D eigenvalue weighted by Crippen LogP contribution is -2.10. The Hall–Kier alpha value is -3.73. The summed E-state index contributed by atoms with van der Waals surface area (Å²) in [6.07, 6.45) is 1.40. The van der Waals surface area contributed by atoms with Crippen molar-refractivity contribution in [1.29, 1.82) is 5.26 Å². The van der Waals surface area contributed by atoms with Gasteiger partial charge in [0.2, 0.25) is 5.91 Å². The van der Waals surface area contributed by atoms with Crippen LogP contribution in [0.4, 0.5) is 5.69 Å². The number of hydrogen-bond acceptors (Lipinski definition) is 6. The van der Waals surface area contributed by atoms with E-state index in [1.54, 1.807) is 54.0 Å². The molecular formula is C18H15N5O3. The number of anilines is 1. The fourth-order valence-electron chi connectivity index (χ4n) is 2.45. The maximum atomic E-state index is 11.9. The lowest BCUT2D eigenvalue weighted by atomic mass is 10.1. The van der Waals surface area contributed by atoms with Gasteiger partial charge < -0.3 is 10.1 Å². The van der Waals surface area contributed by atoms with Crippen LogP contribution >= 0.6 is 0 Å². The van der Waals surface area contributed by atoms with Crippen LogP contribution in [0.15, 0.2) is 42.6 Å². The molecule has 3 rings (SSSR count). The molecule has 0 aliphatic heterocycles. The molecule has 2 aromatic heterocycles. The van der Waals surface area contributed by atoms with Crippen molar-refractivity contribution in [2.24, 2.45) is 0 Å². The fraction of sp³-hybridized carbons (Fsp3) is 0.167. The van der Waals surface area contributed by atoms with E-state index >= 15 is 0 Å². The number of amides is 1. The van der Waals surface area contributed by atoms with E-state index in [4.69, 9.17) is 10.00 Å². The highest BCUT2D eigenvalue weighted by Crippen LogP contribution is 2.23. The Morgan fingerprint density at radius 2 is 2.15 bits per heavy atom. The molecule has 1 amide bonds. The van der Waals surface area contributed by atoms with Gasteiger partial charge >= 0.3 is 5.97 Å². The van der Waals surface area contributed by atoms with Gasteiger partial charge in [-0.25, -0.2) is 14.3 Å². The lowest BCUT2D eigenvalue weighted by Gasteiger charge is -2.08. The van der Waals surface area contributed by atoms with Crippen LogP contribution in [0, 0.1) is 11.3 Å². The molecule has 0 unspecified atom stereocenters. The molecule has 3 aromatic rings. The zero-order valence-corrected chi connectivity index (χ0v) is 14.0. The van der Waals surface area contributed by atoms with Crippen LogP contribution in [-0.4, -0.2) is 33.1 Å². The van der Waals surface area contributed by atoms with E-state index in [9.17, 15) is 9.59 Å². The van der Waals surface area contributed by atoms with Crippen molar-refractivity contribution in [3.8, 4) is 17.3 Å². The minimum absolute atomic E-state index is 0.172. The molecule has 0 aliphatic carbocycles. The van der Waals surface area contributed by atoms with Crippen molar-refractivity contribution in [3.05, 3.63) is 48.3 Å². The van der Waals surface area contributed by atoms with Crippen LogP contribution in [0.25, 0.3) is 16.9 Å². The molecule has 8 nitrogen and oxygen atoms in total. The monoisotopic (exact) mass is 349 g/mol. The zero-order valence-electron chi connectivity index (χ0n) is 14.0. The SMILES string of the molecule is CCOC(=O)c1cc2nccc(-c3cccc(NC(=O)CC#N)c3)n2n1. The Balaban J connectivity index is 1.99. The van der Waals surface area contributed by atoms with Gasteiger partial charge in [-0.2, -0.15) is 10.4 Å². The van der Waals surface area contributed by atoms with E-state index in [2.05, 4.69) is 15.4 Å². The molecule has 1 N–H and O–H groups in total. The van der Waals surface area contributed by atoms with Gasteiger partial charge in [0, 0.05) is 23.5 Å². The summed E-state index contributed by atoms with van der Waals surface area (Å²) in [7, 11) is 0. The molecular weight excluding hydrogens is 334 g/mol. The maximum Gasteiger partial charge on any atom is 0.358 e. The second-order valence-electron chi connectivity index (χ2n) is 5.31. The number of rotatable bonds is 5. The number of hydrogen-bond donors (Lipinski definition) is 1. The van der Waals surface area contributed by atoms with Crippen LogP contribution < -0.4 is 5.32 Å². The van der Waals surface area contributed by atoms with Gasteiger partial charge in [-0.3, -0.25) is 4.79 Å². The Bertz CT molecular complexity index is 1020. The Morgan fingerprint density at radius 1 is 1.31 bits per heavy atom. The first-order valence-corrected chi connectivity index (χ1v) is 7.91. The number of nitriles is 1. The van der Waals surface area contributed by atoms with Crippen molar-refractivity contribution in [2.45, 2.75) is 13.3 Å². The van der Waals surface area contributed by atoms with Crippen molar-refractivity contribution >= 4 is 23.2 Å². The van der Waals surface area contributed by atoms with E-state index < -0.39 is 5.97 Å². The number of benzene rings is 1. The highest BCUT2D eigenvalue weighted by atomic mass is 16.5.